The van der Waals surface area contributed by atoms with Gasteiger partial charge in [0.2, 0.25) is 5.91 Å². The molecule has 0 aliphatic rings. The van der Waals surface area contributed by atoms with Gasteiger partial charge in [0.25, 0.3) is 0 Å². The quantitative estimate of drug-likeness (QED) is 0.589. The minimum absolute atomic E-state index is 0.000555. The lowest BCUT2D eigenvalue weighted by molar-refractivity contribution is -0.116. The highest BCUT2D eigenvalue weighted by molar-refractivity contribution is 7.09. The second-order valence-electron chi connectivity index (χ2n) is 6.62. The number of Topliss-reactive ketones (excluding diaryl/α,β-unsaturated/α-hetero) is 1. The minimum Gasteiger partial charge on any atom is -0.326 e. The molecule has 138 valence electrons. The van der Waals surface area contributed by atoms with E-state index >= 15 is 0 Å². The van der Waals surface area contributed by atoms with Crippen molar-refractivity contribution >= 4 is 28.7 Å². The van der Waals surface area contributed by atoms with E-state index in [9.17, 15) is 9.59 Å². The number of anilines is 1. The molecule has 5 heteroatoms. The van der Waals surface area contributed by atoms with Gasteiger partial charge >= 0.3 is 0 Å². The Morgan fingerprint density at radius 3 is 2.41 bits per heavy atom. The van der Waals surface area contributed by atoms with Crippen molar-refractivity contribution in [2.75, 3.05) is 5.32 Å². The van der Waals surface area contributed by atoms with Crippen LogP contribution in [0.1, 0.15) is 39.3 Å². The number of carbonyl (C=O) groups excluding carboxylic acids is 2. The second-order valence-corrected chi connectivity index (χ2v) is 7.68. The summed E-state index contributed by atoms with van der Waals surface area (Å²) in [7, 11) is 0. The molecule has 3 rings (SSSR count). The number of carbonyl (C=O) groups is 2. The third-order valence-electron chi connectivity index (χ3n) is 4.36. The van der Waals surface area contributed by atoms with E-state index in [1.54, 1.807) is 11.3 Å². The Balaban J connectivity index is 1.56. The van der Waals surface area contributed by atoms with Crippen molar-refractivity contribution in [3.63, 3.8) is 0 Å². The molecule has 0 saturated carbocycles. The molecule has 1 heterocycles. The maximum absolute atomic E-state index is 12.4. The lowest BCUT2D eigenvalue weighted by Crippen LogP contribution is -2.14. The van der Waals surface area contributed by atoms with Gasteiger partial charge in [-0.1, -0.05) is 29.8 Å². The Kier molecular flexibility index (Phi) is 5.81. The fourth-order valence-electron chi connectivity index (χ4n) is 2.84. The van der Waals surface area contributed by atoms with Crippen molar-refractivity contribution < 1.29 is 9.59 Å². The summed E-state index contributed by atoms with van der Waals surface area (Å²) in [4.78, 5) is 29.0. The molecular weight excluding hydrogens is 356 g/mol. The van der Waals surface area contributed by atoms with Crippen molar-refractivity contribution in [1.29, 1.82) is 0 Å². The molecule has 4 nitrogen and oxygen atoms in total. The largest absolute Gasteiger partial charge is 0.326 e. The van der Waals surface area contributed by atoms with Crippen molar-refractivity contribution in [2.45, 2.75) is 33.6 Å². The topological polar surface area (TPSA) is 59.1 Å². The smallest absolute Gasteiger partial charge is 0.224 e. The Morgan fingerprint density at radius 2 is 1.74 bits per heavy atom. The van der Waals surface area contributed by atoms with Crippen molar-refractivity contribution in [1.82, 2.24) is 4.98 Å². The number of aromatic nitrogens is 1. The number of thiazole rings is 1. The minimum atomic E-state index is -0.161. The number of aryl methyl sites for hydroxylation is 3. The number of nitrogens with one attached hydrogen (secondary N) is 1. The van der Waals surface area contributed by atoms with Gasteiger partial charge in [0.15, 0.2) is 5.78 Å². The predicted octanol–water partition coefficient (Wildman–Crippen LogP) is 5.34. The van der Waals surface area contributed by atoms with Gasteiger partial charge in [0.1, 0.15) is 0 Å². The maximum Gasteiger partial charge on any atom is 0.224 e. The monoisotopic (exact) mass is 378 g/mol. The number of amides is 1. The van der Waals surface area contributed by atoms with E-state index in [1.807, 2.05) is 68.6 Å². The average Bonchev–Trinajstić information content (AvgIpc) is 3.09. The molecule has 3 aromatic rings. The normalized spacial score (nSPS) is 10.6. The second kappa shape index (κ2) is 8.27. The Hall–Kier alpha value is -2.79. The van der Waals surface area contributed by atoms with Gasteiger partial charge in [-0.05, 0) is 44.5 Å². The third-order valence-corrected chi connectivity index (χ3v) is 5.13. The van der Waals surface area contributed by atoms with Crippen LogP contribution >= 0.6 is 11.3 Å². The molecule has 0 saturated heterocycles. The van der Waals surface area contributed by atoms with E-state index in [0.29, 0.717) is 5.56 Å². The molecular formula is C22H22N2O2S. The summed E-state index contributed by atoms with van der Waals surface area (Å²) in [6, 6.07) is 13.4. The highest BCUT2D eigenvalue weighted by atomic mass is 32.1. The van der Waals surface area contributed by atoms with Gasteiger partial charge in [-0.2, -0.15) is 0 Å². The van der Waals surface area contributed by atoms with Crippen LogP contribution in [0.3, 0.4) is 0 Å². The van der Waals surface area contributed by atoms with Gasteiger partial charge in [0, 0.05) is 35.0 Å². The molecule has 0 atom stereocenters. The predicted molar refractivity (Wildman–Crippen MR) is 110 cm³/mol. The van der Waals surface area contributed by atoms with E-state index in [0.717, 1.165) is 33.1 Å². The summed E-state index contributed by atoms with van der Waals surface area (Å²) in [6.45, 7) is 5.85. The summed E-state index contributed by atoms with van der Waals surface area (Å²) >= 11 is 1.61. The van der Waals surface area contributed by atoms with E-state index in [4.69, 9.17) is 0 Å². The highest BCUT2D eigenvalue weighted by Gasteiger charge is 2.12. The van der Waals surface area contributed by atoms with E-state index in [-0.39, 0.29) is 24.5 Å². The molecule has 1 amide bonds. The summed E-state index contributed by atoms with van der Waals surface area (Å²) in [5.74, 6) is -0.161. The zero-order chi connectivity index (χ0) is 19.4. The summed E-state index contributed by atoms with van der Waals surface area (Å²) in [6.07, 6.45) is 0.367. The Morgan fingerprint density at radius 1 is 1.00 bits per heavy atom. The van der Waals surface area contributed by atoms with Crippen LogP contribution in [0.4, 0.5) is 5.69 Å². The van der Waals surface area contributed by atoms with Crippen LogP contribution in [-0.2, 0) is 4.79 Å². The van der Waals surface area contributed by atoms with Gasteiger partial charge in [-0.3, -0.25) is 9.59 Å². The Bertz CT molecular complexity index is 974. The SMILES string of the molecule is Cc1ccc(C)c(C(=O)CCC(=O)Nc2ccc(-c3csc(C)n3)cc2)c1. The highest BCUT2D eigenvalue weighted by Crippen LogP contribution is 2.23. The molecule has 0 unspecified atom stereocenters. The molecule has 1 N–H and O–H groups in total. The molecule has 0 bridgehead atoms. The van der Waals surface area contributed by atoms with E-state index in [1.165, 1.54) is 0 Å². The molecule has 0 aliphatic carbocycles. The van der Waals surface area contributed by atoms with Gasteiger partial charge < -0.3 is 5.32 Å². The molecule has 0 aliphatic heterocycles. The average molecular weight is 378 g/mol. The zero-order valence-electron chi connectivity index (χ0n) is 15.7. The standard InChI is InChI=1S/C22H22N2O2S/c1-14-4-5-15(2)19(12-14)21(25)10-11-22(26)24-18-8-6-17(7-9-18)20-13-27-16(3)23-20/h4-9,12-13H,10-11H2,1-3H3,(H,24,26). The fraction of sp³-hybridized carbons (Fsp3) is 0.227. The number of rotatable bonds is 6. The molecule has 2 aromatic carbocycles. The van der Waals surface area contributed by atoms with Gasteiger partial charge in [0.05, 0.1) is 10.7 Å². The lowest BCUT2D eigenvalue weighted by atomic mass is 9.99. The molecule has 27 heavy (non-hydrogen) atoms. The van der Waals surface area contributed by atoms with E-state index in [2.05, 4.69) is 10.3 Å². The first-order chi connectivity index (χ1) is 12.9. The van der Waals surface area contributed by atoms with Crippen molar-refractivity contribution in [3.05, 3.63) is 69.5 Å². The number of ketones is 1. The van der Waals surface area contributed by atoms with Crippen LogP contribution in [0.5, 0.6) is 0 Å². The number of hydrogen-bond donors (Lipinski definition) is 1. The van der Waals surface area contributed by atoms with Crippen LogP contribution in [-0.4, -0.2) is 16.7 Å². The number of nitrogens with zero attached hydrogens (tertiary/aromatic N) is 1. The summed E-state index contributed by atoms with van der Waals surface area (Å²) in [5.41, 5.74) is 5.36. The van der Waals surface area contributed by atoms with Crippen LogP contribution in [0.2, 0.25) is 0 Å². The maximum atomic E-state index is 12.4. The zero-order valence-corrected chi connectivity index (χ0v) is 16.5. The van der Waals surface area contributed by atoms with Crippen molar-refractivity contribution in [2.24, 2.45) is 0 Å². The van der Waals surface area contributed by atoms with Gasteiger partial charge in [-0.25, -0.2) is 4.98 Å². The number of hydrogen-bond acceptors (Lipinski definition) is 4. The van der Waals surface area contributed by atoms with Crippen LogP contribution in [0.15, 0.2) is 47.8 Å². The summed E-state index contributed by atoms with van der Waals surface area (Å²) in [5, 5.41) is 5.89. The van der Waals surface area contributed by atoms with Crippen LogP contribution < -0.4 is 5.32 Å². The lowest BCUT2D eigenvalue weighted by Gasteiger charge is -2.08. The van der Waals surface area contributed by atoms with Crippen LogP contribution in [0, 0.1) is 20.8 Å². The molecule has 1 aromatic heterocycles. The number of benzene rings is 2. The first kappa shape index (κ1) is 19.0. The molecule has 0 radical (unpaired) electrons. The Labute approximate surface area is 163 Å². The fourth-order valence-corrected chi connectivity index (χ4v) is 3.46. The van der Waals surface area contributed by atoms with Gasteiger partial charge in [-0.15, -0.1) is 11.3 Å². The molecule has 0 fully saturated rings. The van der Waals surface area contributed by atoms with Crippen molar-refractivity contribution in [3.8, 4) is 11.3 Å². The first-order valence-electron chi connectivity index (χ1n) is 8.85. The third kappa shape index (κ3) is 4.89. The van der Waals surface area contributed by atoms with E-state index < -0.39 is 0 Å². The van der Waals surface area contributed by atoms with Crippen LogP contribution in [0.25, 0.3) is 11.3 Å². The first-order valence-corrected chi connectivity index (χ1v) is 9.73. The molecule has 0 spiro atoms. The summed E-state index contributed by atoms with van der Waals surface area (Å²) < 4.78 is 0.